The van der Waals surface area contributed by atoms with Crippen molar-refractivity contribution in [2.24, 2.45) is 0 Å². The number of ether oxygens (including phenoxy) is 3. The molecule has 0 N–H and O–H groups in total. The number of amides is 2. The van der Waals surface area contributed by atoms with Crippen molar-refractivity contribution in [1.82, 2.24) is 4.90 Å². The zero-order valence-electron chi connectivity index (χ0n) is 16.4. The molecular weight excluding hydrogens is 398 g/mol. The second-order valence-electron chi connectivity index (χ2n) is 7.21. The summed E-state index contributed by atoms with van der Waals surface area (Å²) in [6.45, 7) is 0.367. The minimum absolute atomic E-state index is 0.0940. The molecule has 0 aliphatic carbocycles. The van der Waals surface area contributed by atoms with E-state index in [0.717, 1.165) is 16.0 Å². The Morgan fingerprint density at radius 3 is 2.45 bits per heavy atom. The van der Waals surface area contributed by atoms with Crippen LogP contribution in [0.1, 0.15) is 42.2 Å². The summed E-state index contributed by atoms with van der Waals surface area (Å²) in [5.41, 5.74) is 2.28. The van der Waals surface area contributed by atoms with Crippen LogP contribution in [0.15, 0.2) is 66.7 Å². The Bertz CT molecular complexity index is 1200. The number of hydrogen-bond acceptors (Lipinski definition) is 6. The number of carbonyl (C=O) groups excluding carboxylic acids is 3. The predicted octanol–water partition coefficient (Wildman–Crippen LogP) is 3.57. The first-order valence-corrected chi connectivity index (χ1v) is 9.70. The number of hydrogen-bond donors (Lipinski definition) is 0. The van der Waals surface area contributed by atoms with E-state index in [1.54, 1.807) is 18.2 Å². The monoisotopic (exact) mass is 415 g/mol. The predicted molar refractivity (Wildman–Crippen MR) is 109 cm³/mol. The summed E-state index contributed by atoms with van der Waals surface area (Å²) in [5.74, 6) is -0.194. The maximum absolute atomic E-state index is 12.9. The number of nitrogens with zero attached hydrogens (tertiary/aromatic N) is 1. The molecule has 7 heteroatoms. The molecule has 0 saturated carbocycles. The van der Waals surface area contributed by atoms with Crippen molar-refractivity contribution >= 4 is 17.8 Å². The van der Waals surface area contributed by atoms with Crippen molar-refractivity contribution in [1.29, 1.82) is 0 Å². The van der Waals surface area contributed by atoms with E-state index in [1.165, 1.54) is 18.2 Å². The van der Waals surface area contributed by atoms with E-state index < -0.39 is 17.8 Å². The van der Waals surface area contributed by atoms with Crippen LogP contribution in [0.3, 0.4) is 0 Å². The van der Waals surface area contributed by atoms with Gasteiger partial charge in [0.2, 0.25) is 6.79 Å². The van der Waals surface area contributed by atoms with Crippen LogP contribution < -0.4 is 9.47 Å². The minimum Gasteiger partial charge on any atom is -0.457 e. The molecule has 0 atom stereocenters. The zero-order chi connectivity index (χ0) is 21.4. The number of imide groups is 1. The molecule has 7 nitrogen and oxygen atoms in total. The summed E-state index contributed by atoms with van der Waals surface area (Å²) in [5, 5.41) is 0. The van der Waals surface area contributed by atoms with Gasteiger partial charge in [-0.25, -0.2) is 4.79 Å². The highest BCUT2D eigenvalue weighted by Crippen LogP contribution is 2.34. The molecule has 2 aliphatic rings. The standard InChI is InChI=1S/C24H17NO6/c26-22-18-8-7-17(24(28)29-13-15-4-2-1-3-5-15)11-19(18)23(27)25(22)12-16-6-9-20-21(10-16)31-14-30-20/h1-11H,12-14H2. The lowest BCUT2D eigenvalue weighted by atomic mass is 10.1. The van der Waals surface area contributed by atoms with E-state index in [9.17, 15) is 14.4 Å². The summed E-state index contributed by atoms with van der Waals surface area (Å²) in [6.07, 6.45) is 0. The van der Waals surface area contributed by atoms with Crippen molar-refractivity contribution in [3.63, 3.8) is 0 Å². The van der Waals surface area contributed by atoms with Gasteiger partial charge in [-0.2, -0.15) is 0 Å². The van der Waals surface area contributed by atoms with Gasteiger partial charge < -0.3 is 14.2 Å². The van der Waals surface area contributed by atoms with E-state index in [0.29, 0.717) is 11.5 Å². The average Bonchev–Trinajstić information content (AvgIpc) is 3.36. The van der Waals surface area contributed by atoms with Gasteiger partial charge in [0.1, 0.15) is 6.61 Å². The molecule has 0 aromatic heterocycles. The normalized spacial score (nSPS) is 14.0. The van der Waals surface area contributed by atoms with Crippen LogP contribution in [0.2, 0.25) is 0 Å². The van der Waals surface area contributed by atoms with Gasteiger partial charge in [0.25, 0.3) is 11.8 Å². The van der Waals surface area contributed by atoms with Crippen LogP contribution >= 0.6 is 0 Å². The molecule has 0 saturated heterocycles. The quantitative estimate of drug-likeness (QED) is 0.468. The third-order valence-electron chi connectivity index (χ3n) is 5.20. The first kappa shape index (κ1) is 18.9. The topological polar surface area (TPSA) is 82.1 Å². The maximum atomic E-state index is 12.9. The van der Waals surface area contributed by atoms with Crippen molar-refractivity contribution in [3.8, 4) is 11.5 Å². The highest BCUT2D eigenvalue weighted by Gasteiger charge is 2.36. The highest BCUT2D eigenvalue weighted by molar-refractivity contribution is 6.21. The summed E-state index contributed by atoms with van der Waals surface area (Å²) >= 11 is 0. The number of fused-ring (bicyclic) bond motifs is 2. The fourth-order valence-corrected chi connectivity index (χ4v) is 3.59. The fourth-order valence-electron chi connectivity index (χ4n) is 3.59. The van der Waals surface area contributed by atoms with Gasteiger partial charge in [-0.3, -0.25) is 14.5 Å². The minimum atomic E-state index is -0.555. The summed E-state index contributed by atoms with van der Waals surface area (Å²) in [7, 11) is 0. The van der Waals surface area contributed by atoms with Gasteiger partial charge >= 0.3 is 5.97 Å². The molecule has 154 valence electrons. The van der Waals surface area contributed by atoms with Crippen LogP contribution in [-0.4, -0.2) is 29.5 Å². The molecule has 0 fully saturated rings. The molecular formula is C24H17NO6. The number of rotatable bonds is 5. The molecule has 2 aliphatic heterocycles. The zero-order valence-corrected chi connectivity index (χ0v) is 16.4. The molecule has 3 aromatic carbocycles. The Hall–Kier alpha value is -4.13. The molecule has 5 rings (SSSR count). The lowest BCUT2D eigenvalue weighted by Gasteiger charge is -2.14. The number of esters is 1. The number of carbonyl (C=O) groups is 3. The Labute approximate surface area is 177 Å². The first-order chi connectivity index (χ1) is 15.1. The Morgan fingerprint density at radius 1 is 0.839 bits per heavy atom. The maximum Gasteiger partial charge on any atom is 0.338 e. The summed E-state index contributed by atoms with van der Waals surface area (Å²) in [6, 6.07) is 19.0. The molecule has 0 spiro atoms. The molecule has 0 unspecified atom stereocenters. The van der Waals surface area contributed by atoms with Crippen LogP contribution in [0.25, 0.3) is 0 Å². The van der Waals surface area contributed by atoms with Crippen molar-refractivity contribution < 1.29 is 28.6 Å². The summed E-state index contributed by atoms with van der Waals surface area (Å²) < 4.78 is 16.0. The van der Waals surface area contributed by atoms with Gasteiger partial charge in [-0.05, 0) is 41.5 Å². The smallest absolute Gasteiger partial charge is 0.338 e. The van der Waals surface area contributed by atoms with Crippen molar-refractivity contribution in [2.75, 3.05) is 6.79 Å². The van der Waals surface area contributed by atoms with Crippen LogP contribution in [0.5, 0.6) is 11.5 Å². The van der Waals surface area contributed by atoms with Crippen molar-refractivity contribution in [3.05, 3.63) is 94.5 Å². The van der Waals surface area contributed by atoms with Crippen molar-refractivity contribution in [2.45, 2.75) is 13.2 Å². The van der Waals surface area contributed by atoms with Gasteiger partial charge in [0.05, 0.1) is 23.2 Å². The van der Waals surface area contributed by atoms with Crippen LogP contribution in [0.4, 0.5) is 0 Å². The molecule has 3 aromatic rings. The third-order valence-corrected chi connectivity index (χ3v) is 5.20. The van der Waals surface area contributed by atoms with E-state index in [2.05, 4.69) is 0 Å². The van der Waals surface area contributed by atoms with E-state index in [1.807, 2.05) is 30.3 Å². The lowest BCUT2D eigenvalue weighted by molar-refractivity contribution is 0.0472. The Morgan fingerprint density at radius 2 is 1.61 bits per heavy atom. The van der Waals surface area contributed by atoms with E-state index >= 15 is 0 Å². The second kappa shape index (κ2) is 7.60. The largest absolute Gasteiger partial charge is 0.457 e. The molecule has 31 heavy (non-hydrogen) atoms. The van der Waals surface area contributed by atoms with Crippen LogP contribution in [0, 0.1) is 0 Å². The Kier molecular flexibility index (Phi) is 4.63. The molecule has 2 amide bonds. The van der Waals surface area contributed by atoms with E-state index in [-0.39, 0.29) is 36.6 Å². The molecule has 0 radical (unpaired) electrons. The van der Waals surface area contributed by atoms with Gasteiger partial charge in [0.15, 0.2) is 11.5 Å². The third kappa shape index (κ3) is 3.50. The van der Waals surface area contributed by atoms with Crippen LogP contribution in [-0.2, 0) is 17.9 Å². The summed E-state index contributed by atoms with van der Waals surface area (Å²) in [4.78, 5) is 39.2. The SMILES string of the molecule is O=C(OCc1ccccc1)c1ccc2c(c1)C(=O)N(Cc1ccc3c(c1)OCO3)C2=O. The molecule has 2 heterocycles. The highest BCUT2D eigenvalue weighted by atomic mass is 16.7. The fraction of sp³-hybridized carbons (Fsp3) is 0.125. The van der Waals surface area contributed by atoms with Gasteiger partial charge in [-0.15, -0.1) is 0 Å². The average molecular weight is 415 g/mol. The second-order valence-corrected chi connectivity index (χ2v) is 7.21. The van der Waals surface area contributed by atoms with Gasteiger partial charge in [-0.1, -0.05) is 36.4 Å². The number of benzene rings is 3. The lowest BCUT2D eigenvalue weighted by Crippen LogP contribution is -2.29. The first-order valence-electron chi connectivity index (χ1n) is 9.70. The van der Waals surface area contributed by atoms with Gasteiger partial charge in [0, 0.05) is 0 Å². The molecule has 0 bridgehead atoms. The Balaban J connectivity index is 1.32. The van der Waals surface area contributed by atoms with E-state index in [4.69, 9.17) is 14.2 Å².